The van der Waals surface area contributed by atoms with Crippen LogP contribution in [0.3, 0.4) is 0 Å². The molecule has 0 radical (unpaired) electrons. The van der Waals surface area contributed by atoms with Crippen LogP contribution in [-0.4, -0.2) is 29.7 Å². The van der Waals surface area contributed by atoms with Crippen LogP contribution >= 0.6 is 0 Å². The third-order valence-corrected chi connectivity index (χ3v) is 3.99. The van der Waals surface area contributed by atoms with Crippen molar-refractivity contribution in [3.63, 3.8) is 0 Å². The molecule has 3 nitrogen and oxygen atoms in total. The van der Waals surface area contributed by atoms with E-state index in [1.54, 1.807) is 6.92 Å². The van der Waals surface area contributed by atoms with Crippen LogP contribution in [0.1, 0.15) is 40.5 Å². The summed E-state index contributed by atoms with van der Waals surface area (Å²) >= 11 is 0. The lowest BCUT2D eigenvalue weighted by atomic mass is 9.80. The molecule has 1 saturated heterocycles. The first-order valence-electron chi connectivity index (χ1n) is 5.86. The number of esters is 1. The summed E-state index contributed by atoms with van der Waals surface area (Å²) in [7, 11) is 2.02. The van der Waals surface area contributed by atoms with Crippen LogP contribution in [0.15, 0.2) is 12.2 Å². The summed E-state index contributed by atoms with van der Waals surface area (Å²) in [5.74, 6) is 0.319. The van der Waals surface area contributed by atoms with Gasteiger partial charge in [-0.05, 0) is 46.6 Å². The second kappa shape index (κ2) is 4.58. The molecule has 1 aliphatic rings. The van der Waals surface area contributed by atoms with Crippen molar-refractivity contribution in [2.24, 2.45) is 5.92 Å². The van der Waals surface area contributed by atoms with Crippen molar-refractivity contribution in [1.82, 2.24) is 4.90 Å². The predicted octanol–water partition coefficient (Wildman–Crippen LogP) is 2.57. The number of ether oxygens (including phenoxy) is 1. The van der Waals surface area contributed by atoms with Gasteiger partial charge in [-0.3, -0.25) is 4.90 Å². The average Bonchev–Trinajstić information content (AvgIpc) is 2.19. The lowest BCUT2D eigenvalue weighted by Gasteiger charge is -2.48. The molecule has 1 aliphatic heterocycles. The number of hydrogen-bond donors (Lipinski definition) is 0. The van der Waals surface area contributed by atoms with Gasteiger partial charge < -0.3 is 4.74 Å². The van der Waals surface area contributed by atoms with Gasteiger partial charge in [-0.15, -0.1) is 0 Å². The number of carbonyl (C=O) groups excluding carboxylic acids is 1. The molecule has 2 unspecified atom stereocenters. The van der Waals surface area contributed by atoms with Gasteiger partial charge >= 0.3 is 5.97 Å². The van der Waals surface area contributed by atoms with Gasteiger partial charge in [0.2, 0.25) is 0 Å². The largest absolute Gasteiger partial charge is 0.443 e. The van der Waals surface area contributed by atoms with Gasteiger partial charge in [0.05, 0.1) is 0 Å². The fraction of sp³-hybridized carbons (Fsp3) is 0.769. The van der Waals surface area contributed by atoms with Crippen molar-refractivity contribution in [2.75, 3.05) is 7.05 Å². The normalized spacial score (nSPS) is 29.8. The first-order valence-corrected chi connectivity index (χ1v) is 5.86. The van der Waals surface area contributed by atoms with E-state index in [1.807, 2.05) is 7.05 Å². The molecule has 0 saturated carbocycles. The molecule has 0 spiro atoms. The Morgan fingerprint density at radius 2 is 2.00 bits per heavy atom. The maximum Gasteiger partial charge on any atom is 0.334 e. The Kier molecular flexibility index (Phi) is 3.79. The molecule has 2 atom stereocenters. The fourth-order valence-electron chi connectivity index (χ4n) is 2.02. The van der Waals surface area contributed by atoms with Gasteiger partial charge in [-0.25, -0.2) is 4.79 Å². The van der Waals surface area contributed by atoms with Crippen molar-refractivity contribution in [3.05, 3.63) is 12.2 Å². The van der Waals surface area contributed by atoms with Crippen molar-refractivity contribution < 1.29 is 9.53 Å². The van der Waals surface area contributed by atoms with E-state index < -0.39 is 0 Å². The highest BCUT2D eigenvalue weighted by Gasteiger charge is 2.40. The first-order chi connectivity index (χ1) is 7.26. The topological polar surface area (TPSA) is 29.5 Å². The van der Waals surface area contributed by atoms with E-state index in [-0.39, 0.29) is 17.7 Å². The third kappa shape index (κ3) is 2.46. The molecule has 92 valence electrons. The minimum absolute atomic E-state index is 0.0677. The molecule has 0 N–H and O–H groups in total. The van der Waals surface area contributed by atoms with Crippen molar-refractivity contribution in [1.29, 1.82) is 0 Å². The monoisotopic (exact) mass is 225 g/mol. The Bertz CT molecular complexity index is 296. The molecular weight excluding hydrogens is 202 g/mol. The van der Waals surface area contributed by atoms with Gasteiger partial charge in [-0.2, -0.15) is 0 Å². The molecular formula is C13H23NO2. The summed E-state index contributed by atoms with van der Waals surface area (Å²) in [6.07, 6.45) is 1.88. The zero-order valence-corrected chi connectivity index (χ0v) is 11.0. The van der Waals surface area contributed by atoms with Crippen LogP contribution < -0.4 is 0 Å². The standard InChI is InChI=1S/C13H23NO2/c1-9(2)12(15)16-11-8-7-10(3)13(4,5)14(11)6/h10-11H,1,7-8H2,2-6H3. The molecule has 1 fully saturated rings. The highest BCUT2D eigenvalue weighted by atomic mass is 16.6. The summed E-state index contributed by atoms with van der Waals surface area (Å²) in [5, 5.41) is 0. The number of hydrogen-bond acceptors (Lipinski definition) is 3. The molecule has 1 heterocycles. The molecule has 16 heavy (non-hydrogen) atoms. The Morgan fingerprint density at radius 1 is 1.44 bits per heavy atom. The minimum atomic E-state index is -0.290. The second-order valence-electron chi connectivity index (χ2n) is 5.38. The molecule has 0 amide bonds. The quantitative estimate of drug-likeness (QED) is 0.534. The average molecular weight is 225 g/mol. The molecule has 0 aromatic rings. The maximum atomic E-state index is 11.5. The Hall–Kier alpha value is -0.830. The highest BCUT2D eigenvalue weighted by molar-refractivity contribution is 5.87. The van der Waals surface area contributed by atoms with Crippen LogP contribution in [0.4, 0.5) is 0 Å². The van der Waals surface area contributed by atoms with Crippen LogP contribution in [-0.2, 0) is 9.53 Å². The lowest BCUT2D eigenvalue weighted by Crippen LogP contribution is -2.56. The second-order valence-corrected chi connectivity index (χ2v) is 5.38. The minimum Gasteiger partial charge on any atom is -0.443 e. The molecule has 3 heteroatoms. The van der Waals surface area contributed by atoms with Crippen LogP contribution in [0, 0.1) is 5.92 Å². The summed E-state index contributed by atoms with van der Waals surface area (Å²) < 4.78 is 5.44. The van der Waals surface area contributed by atoms with E-state index in [0.29, 0.717) is 11.5 Å². The third-order valence-electron chi connectivity index (χ3n) is 3.99. The number of rotatable bonds is 2. The molecule has 0 aliphatic carbocycles. The number of carbonyl (C=O) groups is 1. The van der Waals surface area contributed by atoms with E-state index in [4.69, 9.17) is 4.74 Å². The number of likely N-dealkylation sites (tertiary alicyclic amines) is 1. The highest BCUT2D eigenvalue weighted by Crippen LogP contribution is 2.35. The van der Waals surface area contributed by atoms with Gasteiger partial charge in [0.25, 0.3) is 0 Å². The molecule has 0 bridgehead atoms. The Morgan fingerprint density at radius 3 is 2.50 bits per heavy atom. The van der Waals surface area contributed by atoms with Gasteiger partial charge in [-0.1, -0.05) is 13.5 Å². The first kappa shape index (κ1) is 13.2. The van der Waals surface area contributed by atoms with Crippen LogP contribution in [0.2, 0.25) is 0 Å². The van der Waals surface area contributed by atoms with E-state index in [9.17, 15) is 4.79 Å². The Balaban J connectivity index is 2.70. The molecule has 1 rings (SSSR count). The van der Waals surface area contributed by atoms with Crippen LogP contribution in [0.25, 0.3) is 0 Å². The SMILES string of the molecule is C=C(C)C(=O)OC1CCC(C)C(C)(C)N1C. The zero-order valence-electron chi connectivity index (χ0n) is 11.0. The van der Waals surface area contributed by atoms with Crippen molar-refractivity contribution in [3.8, 4) is 0 Å². The summed E-state index contributed by atoms with van der Waals surface area (Å²) in [6, 6.07) is 0. The summed E-state index contributed by atoms with van der Waals surface area (Å²) in [4.78, 5) is 13.7. The zero-order chi connectivity index (χ0) is 12.5. The number of nitrogens with zero attached hydrogens (tertiary/aromatic N) is 1. The van der Waals surface area contributed by atoms with Crippen LogP contribution in [0.5, 0.6) is 0 Å². The Labute approximate surface area is 98.5 Å². The smallest absolute Gasteiger partial charge is 0.334 e. The van der Waals surface area contributed by atoms with Gasteiger partial charge in [0.15, 0.2) is 6.23 Å². The number of piperidine rings is 1. The molecule has 0 aromatic carbocycles. The maximum absolute atomic E-state index is 11.5. The summed E-state index contributed by atoms with van der Waals surface area (Å²) in [6.45, 7) is 11.9. The predicted molar refractivity (Wildman–Crippen MR) is 64.9 cm³/mol. The fourth-order valence-corrected chi connectivity index (χ4v) is 2.02. The van der Waals surface area contributed by atoms with E-state index in [0.717, 1.165) is 12.8 Å². The summed E-state index contributed by atoms with van der Waals surface area (Å²) in [5.41, 5.74) is 0.531. The van der Waals surface area contributed by atoms with E-state index >= 15 is 0 Å². The van der Waals surface area contributed by atoms with E-state index in [1.165, 1.54) is 0 Å². The van der Waals surface area contributed by atoms with E-state index in [2.05, 4.69) is 32.3 Å². The molecule has 0 aromatic heterocycles. The van der Waals surface area contributed by atoms with Crippen molar-refractivity contribution >= 4 is 5.97 Å². The van der Waals surface area contributed by atoms with Gasteiger partial charge in [0.1, 0.15) is 0 Å². The van der Waals surface area contributed by atoms with Gasteiger partial charge in [0, 0.05) is 11.1 Å². The lowest BCUT2D eigenvalue weighted by molar-refractivity contribution is -0.168. The van der Waals surface area contributed by atoms with Crippen molar-refractivity contribution in [2.45, 2.75) is 52.3 Å².